The Kier molecular flexibility index (Phi) is 7.23. The SMILES string of the molecule is CC(C)C1CCC(CN)C(C(N)=O)C1.c1ccncc1. The lowest BCUT2D eigenvalue weighted by atomic mass is 9.70. The maximum Gasteiger partial charge on any atom is 0.220 e. The maximum atomic E-state index is 11.3. The van der Waals surface area contributed by atoms with Crippen molar-refractivity contribution in [3.63, 3.8) is 0 Å². The molecule has 1 aromatic rings. The summed E-state index contributed by atoms with van der Waals surface area (Å²) in [5, 5.41) is 0. The van der Waals surface area contributed by atoms with Gasteiger partial charge in [0.15, 0.2) is 0 Å². The van der Waals surface area contributed by atoms with Crippen LogP contribution in [0.1, 0.15) is 33.1 Å². The number of hydrogen-bond donors (Lipinski definition) is 2. The zero-order chi connectivity index (χ0) is 15.0. The molecule has 3 unspecified atom stereocenters. The molecule has 0 radical (unpaired) electrons. The Morgan fingerprint density at radius 3 is 2.25 bits per heavy atom. The number of carbonyl (C=O) groups is 1. The molecule has 4 N–H and O–H groups in total. The van der Waals surface area contributed by atoms with Crippen LogP contribution < -0.4 is 11.5 Å². The maximum absolute atomic E-state index is 11.3. The molecule has 1 saturated carbocycles. The number of rotatable bonds is 3. The lowest BCUT2D eigenvalue weighted by molar-refractivity contribution is -0.125. The summed E-state index contributed by atoms with van der Waals surface area (Å²) in [7, 11) is 0. The fourth-order valence-electron chi connectivity index (χ4n) is 2.81. The van der Waals surface area contributed by atoms with Gasteiger partial charge in [0.1, 0.15) is 0 Å². The van der Waals surface area contributed by atoms with Gasteiger partial charge in [0.25, 0.3) is 0 Å². The zero-order valence-corrected chi connectivity index (χ0v) is 12.5. The average molecular weight is 277 g/mol. The third kappa shape index (κ3) is 5.29. The molecule has 2 rings (SSSR count). The third-order valence-corrected chi connectivity index (χ3v) is 4.21. The zero-order valence-electron chi connectivity index (χ0n) is 12.5. The first-order chi connectivity index (χ1) is 9.56. The number of pyridine rings is 1. The van der Waals surface area contributed by atoms with Gasteiger partial charge in [0, 0.05) is 18.3 Å². The lowest BCUT2D eigenvalue weighted by Gasteiger charge is -2.35. The molecule has 0 saturated heterocycles. The molecule has 4 nitrogen and oxygen atoms in total. The van der Waals surface area contributed by atoms with Crippen molar-refractivity contribution in [2.24, 2.45) is 35.1 Å². The molecule has 1 aliphatic carbocycles. The number of nitrogens with zero attached hydrogens (tertiary/aromatic N) is 1. The summed E-state index contributed by atoms with van der Waals surface area (Å²) in [5.74, 6) is 1.47. The highest BCUT2D eigenvalue weighted by Crippen LogP contribution is 2.36. The predicted molar refractivity (Wildman–Crippen MR) is 81.6 cm³/mol. The molecule has 0 spiro atoms. The Morgan fingerprint density at radius 2 is 1.90 bits per heavy atom. The van der Waals surface area contributed by atoms with E-state index >= 15 is 0 Å². The fraction of sp³-hybridized carbons (Fsp3) is 0.625. The second-order valence-electron chi connectivity index (χ2n) is 5.85. The Balaban J connectivity index is 0.000000276. The van der Waals surface area contributed by atoms with Gasteiger partial charge in [0.2, 0.25) is 5.91 Å². The number of amides is 1. The number of primary amides is 1. The Hall–Kier alpha value is -1.42. The second-order valence-corrected chi connectivity index (χ2v) is 5.85. The topological polar surface area (TPSA) is 82.0 Å². The van der Waals surface area contributed by atoms with Crippen LogP contribution in [0.25, 0.3) is 0 Å². The van der Waals surface area contributed by atoms with Gasteiger partial charge in [-0.2, -0.15) is 0 Å². The number of nitrogens with two attached hydrogens (primary N) is 2. The van der Waals surface area contributed by atoms with Crippen LogP contribution in [0.4, 0.5) is 0 Å². The summed E-state index contributed by atoms with van der Waals surface area (Å²) in [6, 6.07) is 5.72. The number of aromatic nitrogens is 1. The van der Waals surface area contributed by atoms with Crippen LogP contribution in [0.5, 0.6) is 0 Å². The second kappa shape index (κ2) is 8.69. The van der Waals surface area contributed by atoms with Gasteiger partial charge < -0.3 is 11.5 Å². The van der Waals surface area contributed by atoms with Crippen LogP contribution in [0.3, 0.4) is 0 Å². The lowest BCUT2D eigenvalue weighted by Crippen LogP contribution is -2.39. The van der Waals surface area contributed by atoms with E-state index in [1.807, 2.05) is 18.2 Å². The minimum atomic E-state index is -0.161. The molecule has 1 amide bonds. The number of hydrogen-bond acceptors (Lipinski definition) is 3. The third-order valence-electron chi connectivity index (χ3n) is 4.21. The van der Waals surface area contributed by atoms with E-state index in [2.05, 4.69) is 18.8 Å². The van der Waals surface area contributed by atoms with Gasteiger partial charge in [-0.25, -0.2) is 0 Å². The van der Waals surface area contributed by atoms with E-state index in [-0.39, 0.29) is 11.8 Å². The highest BCUT2D eigenvalue weighted by Gasteiger charge is 2.34. The van der Waals surface area contributed by atoms with Crippen LogP contribution in [-0.2, 0) is 4.79 Å². The molecule has 0 aromatic carbocycles. The van der Waals surface area contributed by atoms with Crippen LogP contribution >= 0.6 is 0 Å². The summed E-state index contributed by atoms with van der Waals surface area (Å²) < 4.78 is 0. The van der Waals surface area contributed by atoms with Crippen LogP contribution in [0, 0.1) is 23.7 Å². The van der Waals surface area contributed by atoms with Crippen molar-refractivity contribution in [3.05, 3.63) is 30.6 Å². The average Bonchev–Trinajstić information content (AvgIpc) is 2.48. The molecule has 1 heterocycles. The van der Waals surface area contributed by atoms with E-state index in [1.165, 1.54) is 6.42 Å². The summed E-state index contributed by atoms with van der Waals surface area (Å²) in [5.41, 5.74) is 11.0. The van der Waals surface area contributed by atoms with E-state index < -0.39 is 0 Å². The molecule has 0 aliphatic heterocycles. The molecule has 1 aliphatic rings. The van der Waals surface area contributed by atoms with Gasteiger partial charge in [-0.15, -0.1) is 0 Å². The first-order valence-electron chi connectivity index (χ1n) is 7.40. The van der Waals surface area contributed by atoms with E-state index in [0.29, 0.717) is 24.3 Å². The molecule has 112 valence electrons. The van der Waals surface area contributed by atoms with Crippen LogP contribution in [0.15, 0.2) is 30.6 Å². The predicted octanol–water partition coefficient (Wildman–Crippen LogP) is 2.20. The monoisotopic (exact) mass is 277 g/mol. The van der Waals surface area contributed by atoms with E-state index in [4.69, 9.17) is 11.5 Å². The molecule has 4 heteroatoms. The normalized spacial score (nSPS) is 25.7. The Bertz CT molecular complexity index is 354. The quantitative estimate of drug-likeness (QED) is 0.888. The van der Waals surface area contributed by atoms with Crippen molar-refractivity contribution < 1.29 is 4.79 Å². The summed E-state index contributed by atoms with van der Waals surface area (Å²) >= 11 is 0. The van der Waals surface area contributed by atoms with Gasteiger partial charge in [0.05, 0.1) is 0 Å². The molecule has 1 aromatic heterocycles. The molecule has 20 heavy (non-hydrogen) atoms. The van der Waals surface area contributed by atoms with Gasteiger partial charge >= 0.3 is 0 Å². The molecule has 1 fully saturated rings. The minimum absolute atomic E-state index is 0.0150. The molecule has 3 atom stereocenters. The van der Waals surface area contributed by atoms with E-state index in [1.54, 1.807) is 12.4 Å². The Labute approximate surface area is 122 Å². The number of carbonyl (C=O) groups excluding carboxylic acids is 1. The first-order valence-corrected chi connectivity index (χ1v) is 7.40. The molecular formula is C16H27N3O. The largest absolute Gasteiger partial charge is 0.369 e. The van der Waals surface area contributed by atoms with Crippen molar-refractivity contribution >= 4 is 5.91 Å². The fourth-order valence-corrected chi connectivity index (χ4v) is 2.81. The van der Waals surface area contributed by atoms with Crippen molar-refractivity contribution in [2.45, 2.75) is 33.1 Å². The Morgan fingerprint density at radius 1 is 1.25 bits per heavy atom. The standard InChI is InChI=1S/C11H22N2O.C5H5N/c1-7(2)8-3-4-9(6-12)10(5-8)11(13)14;1-2-4-6-5-3-1/h7-10H,3-6,12H2,1-2H3,(H2,13,14);1-5H. The highest BCUT2D eigenvalue weighted by atomic mass is 16.1. The van der Waals surface area contributed by atoms with Crippen LogP contribution in [0.2, 0.25) is 0 Å². The summed E-state index contributed by atoms with van der Waals surface area (Å²) in [6.07, 6.45) is 6.70. The van der Waals surface area contributed by atoms with Crippen molar-refractivity contribution in [1.29, 1.82) is 0 Å². The molecule has 0 bridgehead atoms. The van der Waals surface area contributed by atoms with Crippen molar-refractivity contribution in [2.75, 3.05) is 6.54 Å². The first kappa shape index (κ1) is 16.6. The van der Waals surface area contributed by atoms with Gasteiger partial charge in [-0.1, -0.05) is 19.9 Å². The van der Waals surface area contributed by atoms with Crippen molar-refractivity contribution in [1.82, 2.24) is 4.98 Å². The van der Waals surface area contributed by atoms with Gasteiger partial charge in [-0.3, -0.25) is 9.78 Å². The highest BCUT2D eigenvalue weighted by molar-refractivity contribution is 5.77. The van der Waals surface area contributed by atoms with Crippen LogP contribution in [-0.4, -0.2) is 17.4 Å². The molecular weight excluding hydrogens is 250 g/mol. The summed E-state index contributed by atoms with van der Waals surface area (Å²) in [4.78, 5) is 15.0. The minimum Gasteiger partial charge on any atom is -0.369 e. The van der Waals surface area contributed by atoms with E-state index in [9.17, 15) is 4.79 Å². The van der Waals surface area contributed by atoms with Crippen molar-refractivity contribution in [3.8, 4) is 0 Å². The summed E-state index contributed by atoms with van der Waals surface area (Å²) in [6.45, 7) is 5.02. The van der Waals surface area contributed by atoms with E-state index in [0.717, 1.165) is 12.8 Å². The smallest absolute Gasteiger partial charge is 0.220 e. The van der Waals surface area contributed by atoms with Gasteiger partial charge in [-0.05, 0) is 55.7 Å².